The van der Waals surface area contributed by atoms with Gasteiger partial charge in [0.25, 0.3) is 0 Å². The van der Waals surface area contributed by atoms with Gasteiger partial charge in [-0.3, -0.25) is 0 Å². The normalized spacial score (nSPS) is 5.29. The second kappa shape index (κ2) is 9.33. The summed E-state index contributed by atoms with van der Waals surface area (Å²) in [5.74, 6) is -1.44. The smallest absolute Gasteiger partial charge is 0.0826 e. The Morgan fingerprint density at radius 1 is 1.71 bits per heavy atom. The van der Waals surface area contributed by atoms with Crippen molar-refractivity contribution in [1.82, 2.24) is 6.15 Å². The van der Waals surface area contributed by atoms with E-state index in [0.29, 0.717) is 0 Å². The Hall–Kier alpha value is -0.0775. The molecule has 0 aliphatic rings. The molecule has 7 heavy (non-hydrogen) atoms. The molecule has 0 saturated heterocycles. The van der Waals surface area contributed by atoms with Crippen LogP contribution in [0.2, 0.25) is 0 Å². The fourth-order valence-corrected chi connectivity index (χ4v) is 0. The minimum Gasteiger partial charge on any atom is -0.548 e. The van der Waals surface area contributed by atoms with Crippen molar-refractivity contribution in [3.8, 4) is 0 Å². The average Bonchev–Trinajstić information content (AvgIpc) is 1.38. The maximum Gasteiger partial charge on any atom is 0.0826 e. The first-order valence-electron chi connectivity index (χ1n) is 1.08. The molecule has 0 rings (SSSR count). The molecule has 4 nitrogen and oxygen atoms in total. The molecular formula is C2H7CrNO3. The van der Waals surface area contributed by atoms with Crippen LogP contribution in [-0.4, -0.2) is 17.7 Å². The molecule has 0 saturated carbocycles. The van der Waals surface area contributed by atoms with Crippen LogP contribution in [0, 0.1) is 0 Å². The van der Waals surface area contributed by atoms with Gasteiger partial charge in [-0.05, 0) is 0 Å². The Morgan fingerprint density at radius 2 is 1.86 bits per heavy atom. The Bertz CT molecular complexity index is 48.2. The molecule has 0 atom stereocenters. The molecule has 0 aromatic rings. The SMILES string of the molecule is O=C([O-])CO.[Cr].[NH4+]. The van der Waals surface area contributed by atoms with Crippen LogP contribution in [0.3, 0.4) is 0 Å². The van der Waals surface area contributed by atoms with Crippen molar-refractivity contribution in [3.05, 3.63) is 0 Å². The number of carboxylic acids is 1. The summed E-state index contributed by atoms with van der Waals surface area (Å²) in [6.45, 7) is -0.889. The van der Waals surface area contributed by atoms with E-state index < -0.39 is 12.6 Å². The first-order chi connectivity index (χ1) is 2.27. The van der Waals surface area contributed by atoms with Gasteiger partial charge in [0.2, 0.25) is 0 Å². The Morgan fingerprint density at radius 3 is 1.86 bits per heavy atom. The zero-order valence-corrected chi connectivity index (χ0v) is 5.15. The number of hydrogen-bond acceptors (Lipinski definition) is 3. The molecule has 5 heteroatoms. The van der Waals surface area contributed by atoms with E-state index in [0.717, 1.165) is 0 Å². The molecule has 0 aromatic carbocycles. The third-order valence-corrected chi connectivity index (χ3v) is 0.129. The molecule has 0 bridgehead atoms. The van der Waals surface area contributed by atoms with Crippen LogP contribution < -0.4 is 11.3 Å². The number of carbonyl (C=O) groups excluding carboxylic acids is 1. The number of aliphatic carboxylic acids is 1. The molecule has 0 fully saturated rings. The van der Waals surface area contributed by atoms with Crippen molar-refractivity contribution < 1.29 is 32.4 Å². The monoisotopic (exact) mass is 145 g/mol. The van der Waals surface area contributed by atoms with E-state index in [1.807, 2.05) is 0 Å². The van der Waals surface area contributed by atoms with Crippen molar-refractivity contribution >= 4 is 5.97 Å². The van der Waals surface area contributed by atoms with E-state index in [1.54, 1.807) is 0 Å². The third kappa shape index (κ3) is 24.7. The molecule has 44 valence electrons. The van der Waals surface area contributed by atoms with Gasteiger partial charge in [-0.2, -0.15) is 0 Å². The number of aliphatic hydroxyl groups is 1. The van der Waals surface area contributed by atoms with Gasteiger partial charge in [-0.1, -0.05) is 0 Å². The zero-order chi connectivity index (χ0) is 4.28. The molecule has 0 amide bonds. The van der Waals surface area contributed by atoms with Gasteiger partial charge < -0.3 is 21.2 Å². The van der Waals surface area contributed by atoms with Crippen LogP contribution in [0.4, 0.5) is 0 Å². The summed E-state index contributed by atoms with van der Waals surface area (Å²) in [6, 6.07) is 0. The Kier molecular flexibility index (Phi) is 21.0. The van der Waals surface area contributed by atoms with Gasteiger partial charge in [0, 0.05) is 17.4 Å². The second-order valence-corrected chi connectivity index (χ2v) is 0.530. The number of carboxylic acid groups (broad SMARTS) is 1. The topological polar surface area (TPSA) is 96.9 Å². The number of quaternary nitrogens is 1. The van der Waals surface area contributed by atoms with Crippen molar-refractivity contribution in [2.24, 2.45) is 0 Å². The van der Waals surface area contributed by atoms with Gasteiger partial charge in [0.15, 0.2) is 0 Å². The fraction of sp³-hybridized carbons (Fsp3) is 0.500. The van der Waals surface area contributed by atoms with Crippen molar-refractivity contribution in [2.45, 2.75) is 0 Å². The van der Waals surface area contributed by atoms with E-state index in [-0.39, 0.29) is 23.5 Å². The Labute approximate surface area is 51.9 Å². The van der Waals surface area contributed by atoms with E-state index in [9.17, 15) is 0 Å². The van der Waals surface area contributed by atoms with Gasteiger partial charge in [0.1, 0.15) is 0 Å². The number of carbonyl (C=O) groups is 1. The largest absolute Gasteiger partial charge is 0.548 e. The maximum atomic E-state index is 9.01. The molecule has 0 aliphatic heterocycles. The number of hydrogen-bond donors (Lipinski definition) is 2. The van der Waals surface area contributed by atoms with E-state index in [2.05, 4.69) is 0 Å². The molecule has 0 spiro atoms. The summed E-state index contributed by atoms with van der Waals surface area (Å²) in [7, 11) is 0. The van der Waals surface area contributed by atoms with Gasteiger partial charge in [-0.25, -0.2) is 0 Å². The summed E-state index contributed by atoms with van der Waals surface area (Å²) in [6.07, 6.45) is 0. The van der Waals surface area contributed by atoms with Crippen molar-refractivity contribution in [1.29, 1.82) is 0 Å². The zero-order valence-electron chi connectivity index (χ0n) is 3.88. The van der Waals surface area contributed by atoms with Gasteiger partial charge in [-0.15, -0.1) is 0 Å². The number of rotatable bonds is 1. The average molecular weight is 145 g/mol. The van der Waals surface area contributed by atoms with Crippen LogP contribution in [-0.2, 0) is 22.2 Å². The minimum atomic E-state index is -1.44. The third-order valence-electron chi connectivity index (χ3n) is 0.129. The van der Waals surface area contributed by atoms with Gasteiger partial charge in [0.05, 0.1) is 12.6 Å². The molecule has 0 radical (unpaired) electrons. The van der Waals surface area contributed by atoms with Crippen LogP contribution >= 0.6 is 0 Å². The Balaban J connectivity index is -0.0000000800. The molecule has 0 aromatic heterocycles. The molecule has 0 aliphatic carbocycles. The minimum absolute atomic E-state index is 0. The van der Waals surface area contributed by atoms with E-state index in [4.69, 9.17) is 15.0 Å². The molecule has 0 unspecified atom stereocenters. The maximum absolute atomic E-state index is 9.01. The molecular weight excluding hydrogens is 138 g/mol. The summed E-state index contributed by atoms with van der Waals surface area (Å²) in [4.78, 5) is 9.01. The molecule has 0 heterocycles. The summed E-state index contributed by atoms with van der Waals surface area (Å²) in [5, 5.41) is 16.5. The quantitative estimate of drug-likeness (QED) is 0.451. The van der Waals surface area contributed by atoms with Crippen molar-refractivity contribution in [3.63, 3.8) is 0 Å². The van der Waals surface area contributed by atoms with E-state index >= 15 is 0 Å². The first-order valence-corrected chi connectivity index (χ1v) is 1.08. The fourth-order valence-electron chi connectivity index (χ4n) is 0. The van der Waals surface area contributed by atoms with Crippen LogP contribution in [0.15, 0.2) is 0 Å². The summed E-state index contributed by atoms with van der Waals surface area (Å²) < 4.78 is 0. The summed E-state index contributed by atoms with van der Waals surface area (Å²) in [5.41, 5.74) is 0. The van der Waals surface area contributed by atoms with Crippen LogP contribution in [0.25, 0.3) is 0 Å². The van der Waals surface area contributed by atoms with E-state index in [1.165, 1.54) is 0 Å². The van der Waals surface area contributed by atoms with Crippen LogP contribution in [0.1, 0.15) is 0 Å². The predicted molar refractivity (Wildman–Crippen MR) is 18.1 cm³/mol. The molecule has 5 N–H and O–H groups in total. The number of aliphatic hydroxyl groups excluding tert-OH is 1. The van der Waals surface area contributed by atoms with Gasteiger partial charge >= 0.3 is 0 Å². The van der Waals surface area contributed by atoms with Crippen LogP contribution in [0.5, 0.6) is 0 Å². The summed E-state index contributed by atoms with van der Waals surface area (Å²) >= 11 is 0. The van der Waals surface area contributed by atoms with Crippen molar-refractivity contribution in [2.75, 3.05) is 6.61 Å². The predicted octanol–water partition coefficient (Wildman–Crippen LogP) is -1.90. The second-order valence-electron chi connectivity index (χ2n) is 0.530. The standard InChI is InChI=1S/C2H4O3.Cr.H3N/c3-1-2(4)5;;/h3H,1H2,(H,4,5);;1H3. The first kappa shape index (κ1) is 15.8.